The number of ketones is 1. The minimum absolute atomic E-state index is 0.00187. The third-order valence-corrected chi connectivity index (χ3v) is 4.85. The molecular weight excluding hydrogens is 282 g/mol. The van der Waals surface area contributed by atoms with Gasteiger partial charge in [0.2, 0.25) is 0 Å². The Bertz CT molecular complexity index is 496. The van der Waals surface area contributed by atoms with Gasteiger partial charge in [-0.1, -0.05) is 20.8 Å². The number of nitrogens with zero attached hydrogens (tertiary/aromatic N) is 3. The number of hydrogen-bond donors (Lipinski definition) is 1. The fraction of sp³-hybridized carbons (Fsp3) is 0.812. The van der Waals surface area contributed by atoms with Gasteiger partial charge in [-0.25, -0.2) is 0 Å². The van der Waals surface area contributed by atoms with Crippen LogP contribution in [0.3, 0.4) is 0 Å². The number of carboxylic acids is 1. The molecule has 0 bridgehead atoms. The molecule has 0 saturated carbocycles. The van der Waals surface area contributed by atoms with Crippen LogP contribution in [0.15, 0.2) is 0 Å². The van der Waals surface area contributed by atoms with Crippen molar-refractivity contribution in [1.29, 1.82) is 5.26 Å². The second kappa shape index (κ2) is 5.98. The number of piperidine rings is 1. The van der Waals surface area contributed by atoms with Gasteiger partial charge in [-0.2, -0.15) is 5.26 Å². The number of Topliss-reactive ketones (excluding diaryl/α,β-unsaturated/α-hetero) is 1. The summed E-state index contributed by atoms with van der Waals surface area (Å²) in [6.45, 7) is 8.21. The van der Waals surface area contributed by atoms with Crippen molar-refractivity contribution < 1.29 is 14.7 Å². The maximum atomic E-state index is 11.5. The second-order valence-corrected chi connectivity index (χ2v) is 7.53. The van der Waals surface area contributed by atoms with E-state index in [0.29, 0.717) is 38.9 Å². The fourth-order valence-electron chi connectivity index (χ4n) is 4.31. The van der Waals surface area contributed by atoms with Gasteiger partial charge in [-0.3, -0.25) is 19.4 Å². The zero-order chi connectivity index (χ0) is 16.5. The molecule has 0 aliphatic carbocycles. The van der Waals surface area contributed by atoms with Crippen molar-refractivity contribution in [3.8, 4) is 6.07 Å². The number of nitriles is 1. The molecular formula is C16H25N3O3. The summed E-state index contributed by atoms with van der Waals surface area (Å²) in [4.78, 5) is 26.8. The van der Waals surface area contributed by atoms with Gasteiger partial charge in [-0.15, -0.1) is 0 Å². The molecule has 6 nitrogen and oxygen atoms in total. The number of carboxylic acid groups (broad SMARTS) is 1. The molecule has 22 heavy (non-hydrogen) atoms. The van der Waals surface area contributed by atoms with Crippen molar-refractivity contribution in [3.63, 3.8) is 0 Å². The molecule has 0 aromatic carbocycles. The Morgan fingerprint density at radius 3 is 2.45 bits per heavy atom. The summed E-state index contributed by atoms with van der Waals surface area (Å²) in [5.41, 5.74) is -0.463. The summed E-state index contributed by atoms with van der Waals surface area (Å²) in [5, 5.41) is 18.4. The predicted molar refractivity (Wildman–Crippen MR) is 81.2 cm³/mol. The van der Waals surface area contributed by atoms with Gasteiger partial charge in [0.25, 0.3) is 0 Å². The van der Waals surface area contributed by atoms with Crippen molar-refractivity contribution in [2.24, 2.45) is 5.41 Å². The highest BCUT2D eigenvalue weighted by Crippen LogP contribution is 2.46. The van der Waals surface area contributed by atoms with Crippen LogP contribution in [-0.2, 0) is 9.59 Å². The minimum atomic E-state index is -0.839. The molecule has 122 valence electrons. The quantitative estimate of drug-likeness (QED) is 0.838. The average Bonchev–Trinajstić information content (AvgIpc) is 2.35. The molecule has 2 heterocycles. The number of rotatable bonds is 4. The summed E-state index contributed by atoms with van der Waals surface area (Å²) >= 11 is 0. The first kappa shape index (κ1) is 16.9. The lowest BCUT2D eigenvalue weighted by Gasteiger charge is -2.65. The van der Waals surface area contributed by atoms with Gasteiger partial charge in [0.15, 0.2) is 0 Å². The molecule has 2 unspecified atom stereocenters. The van der Waals surface area contributed by atoms with Gasteiger partial charge in [-0.05, 0) is 5.41 Å². The summed E-state index contributed by atoms with van der Waals surface area (Å²) in [7, 11) is 0. The monoisotopic (exact) mass is 307 g/mol. The first-order valence-corrected chi connectivity index (χ1v) is 7.80. The maximum Gasteiger partial charge on any atom is 0.317 e. The molecule has 0 spiro atoms. The lowest BCUT2D eigenvalue weighted by atomic mass is 9.64. The van der Waals surface area contributed by atoms with E-state index >= 15 is 0 Å². The third kappa shape index (κ3) is 3.01. The predicted octanol–water partition coefficient (Wildman–Crippen LogP) is 1.12. The van der Waals surface area contributed by atoms with Crippen molar-refractivity contribution in [2.45, 2.75) is 51.6 Å². The van der Waals surface area contributed by atoms with Crippen molar-refractivity contribution in [2.75, 3.05) is 26.2 Å². The highest BCUT2D eigenvalue weighted by molar-refractivity contribution is 5.79. The molecule has 2 saturated heterocycles. The first-order valence-electron chi connectivity index (χ1n) is 7.80. The molecule has 6 heteroatoms. The van der Waals surface area contributed by atoms with E-state index in [0.717, 1.165) is 0 Å². The molecule has 0 aromatic rings. The number of carbonyl (C=O) groups is 2. The molecule has 0 aromatic heterocycles. The summed E-state index contributed by atoms with van der Waals surface area (Å²) < 4.78 is 0. The molecule has 1 N–H and O–H groups in total. The Hall–Kier alpha value is -1.45. The van der Waals surface area contributed by atoms with Crippen LogP contribution in [0.25, 0.3) is 0 Å². The van der Waals surface area contributed by atoms with Crippen LogP contribution in [0.4, 0.5) is 0 Å². The molecule has 0 radical (unpaired) electrons. The fourth-order valence-corrected chi connectivity index (χ4v) is 4.31. The van der Waals surface area contributed by atoms with Crippen LogP contribution in [0, 0.1) is 16.7 Å². The summed E-state index contributed by atoms with van der Waals surface area (Å²) in [6, 6.07) is 2.30. The van der Waals surface area contributed by atoms with E-state index in [1.54, 1.807) is 0 Å². The van der Waals surface area contributed by atoms with E-state index in [1.807, 2.05) is 4.90 Å². The largest absolute Gasteiger partial charge is 0.480 e. The summed E-state index contributed by atoms with van der Waals surface area (Å²) in [5.74, 6) is -0.564. The van der Waals surface area contributed by atoms with Crippen LogP contribution in [0.1, 0.15) is 40.0 Å². The number of aliphatic carboxylic acids is 1. The maximum absolute atomic E-state index is 11.5. The van der Waals surface area contributed by atoms with E-state index in [4.69, 9.17) is 5.11 Å². The van der Waals surface area contributed by atoms with E-state index in [-0.39, 0.29) is 29.3 Å². The second-order valence-electron chi connectivity index (χ2n) is 7.53. The van der Waals surface area contributed by atoms with E-state index in [9.17, 15) is 14.9 Å². The molecule has 2 aliphatic rings. The topological polar surface area (TPSA) is 84.6 Å². The lowest BCUT2D eigenvalue weighted by Crippen LogP contribution is -2.80. The molecule has 2 rings (SSSR count). The van der Waals surface area contributed by atoms with Crippen LogP contribution in [0.2, 0.25) is 0 Å². The van der Waals surface area contributed by atoms with Crippen molar-refractivity contribution >= 4 is 11.8 Å². The van der Waals surface area contributed by atoms with Crippen molar-refractivity contribution in [3.05, 3.63) is 0 Å². The van der Waals surface area contributed by atoms with Crippen LogP contribution >= 0.6 is 0 Å². The average molecular weight is 307 g/mol. The van der Waals surface area contributed by atoms with Gasteiger partial charge in [0.05, 0.1) is 24.6 Å². The number of carbonyl (C=O) groups excluding carboxylic acids is 1. The Morgan fingerprint density at radius 1 is 1.41 bits per heavy atom. The lowest BCUT2D eigenvalue weighted by molar-refractivity contribution is -0.169. The Morgan fingerprint density at radius 2 is 2.00 bits per heavy atom. The van der Waals surface area contributed by atoms with Gasteiger partial charge in [0.1, 0.15) is 5.78 Å². The highest BCUT2D eigenvalue weighted by Gasteiger charge is 2.60. The standard InChI is InChI=1S/C16H25N3O3/c1-15(2,3)14-16(6-7-17,11-18(14)10-13(21)22)19-8-4-12(20)5-9-19/h14H,4-6,8-11H2,1-3H3,(H,21,22). The van der Waals surface area contributed by atoms with E-state index in [2.05, 4.69) is 31.7 Å². The van der Waals surface area contributed by atoms with E-state index < -0.39 is 5.97 Å². The Labute approximate surface area is 131 Å². The zero-order valence-corrected chi connectivity index (χ0v) is 13.6. The van der Waals surface area contributed by atoms with Gasteiger partial charge >= 0.3 is 5.97 Å². The zero-order valence-electron chi connectivity index (χ0n) is 13.6. The Balaban J connectivity index is 2.27. The molecule has 2 aliphatic heterocycles. The normalized spacial score (nSPS) is 30.6. The smallest absolute Gasteiger partial charge is 0.317 e. The Kier molecular flexibility index (Phi) is 4.59. The van der Waals surface area contributed by atoms with Crippen molar-refractivity contribution in [1.82, 2.24) is 9.80 Å². The first-order chi connectivity index (χ1) is 10.2. The van der Waals surface area contributed by atoms with E-state index in [1.165, 1.54) is 0 Å². The number of likely N-dealkylation sites (tertiary alicyclic amines) is 2. The summed E-state index contributed by atoms with van der Waals surface area (Å²) in [6.07, 6.45) is 1.44. The molecule has 2 atom stereocenters. The van der Waals surface area contributed by atoms with Crippen LogP contribution in [-0.4, -0.2) is 64.4 Å². The SMILES string of the molecule is CC(C)(C)C1N(CC(=O)O)CC1(CC#N)N1CCC(=O)CC1. The minimum Gasteiger partial charge on any atom is -0.480 e. The van der Waals surface area contributed by atoms with Crippen LogP contribution in [0.5, 0.6) is 0 Å². The molecule has 0 amide bonds. The van der Waals surface area contributed by atoms with Gasteiger partial charge < -0.3 is 5.11 Å². The van der Waals surface area contributed by atoms with Crippen LogP contribution < -0.4 is 0 Å². The third-order valence-electron chi connectivity index (χ3n) is 4.85. The molecule has 2 fully saturated rings. The van der Waals surface area contributed by atoms with Gasteiger partial charge in [0, 0.05) is 38.5 Å². The highest BCUT2D eigenvalue weighted by atomic mass is 16.4. The number of hydrogen-bond acceptors (Lipinski definition) is 5.